The molecule has 5 heteroatoms. The standard InChI is InChI=1S/C15H20ClN3O/c1-14(2,3)19-9-15(17,20)11-7-10-5-4-6-18-13(10)8-12(11)16/h4-8,19-20H,9,17H2,1-3H3/t15-/m1/s1. The van der Waals surface area contributed by atoms with E-state index in [4.69, 9.17) is 17.3 Å². The summed E-state index contributed by atoms with van der Waals surface area (Å²) in [5, 5.41) is 15.0. The molecule has 0 saturated heterocycles. The van der Waals surface area contributed by atoms with Gasteiger partial charge in [0.15, 0.2) is 5.72 Å². The molecule has 20 heavy (non-hydrogen) atoms. The first-order valence-corrected chi connectivity index (χ1v) is 6.88. The van der Waals surface area contributed by atoms with E-state index >= 15 is 0 Å². The molecule has 0 aliphatic rings. The van der Waals surface area contributed by atoms with Gasteiger partial charge in [0, 0.05) is 29.2 Å². The van der Waals surface area contributed by atoms with Gasteiger partial charge in [-0.2, -0.15) is 0 Å². The van der Waals surface area contributed by atoms with Crippen LogP contribution >= 0.6 is 11.6 Å². The van der Waals surface area contributed by atoms with Gasteiger partial charge in [0.2, 0.25) is 0 Å². The number of β-amino-alcohol motifs (C(OH)–C–C–N with tert-alkyl or cyclic N) is 1. The molecule has 0 amide bonds. The minimum absolute atomic E-state index is 0.141. The number of nitrogens with one attached hydrogen (secondary N) is 1. The summed E-state index contributed by atoms with van der Waals surface area (Å²) in [7, 11) is 0. The number of hydrogen-bond acceptors (Lipinski definition) is 4. The van der Waals surface area contributed by atoms with Crippen LogP contribution in [0.1, 0.15) is 26.3 Å². The van der Waals surface area contributed by atoms with E-state index in [1.54, 1.807) is 18.3 Å². The van der Waals surface area contributed by atoms with Crippen LogP contribution in [0.2, 0.25) is 5.02 Å². The molecule has 1 aromatic heterocycles. The lowest BCUT2D eigenvalue weighted by atomic mass is 9.99. The highest BCUT2D eigenvalue weighted by Gasteiger charge is 2.28. The van der Waals surface area contributed by atoms with E-state index in [1.165, 1.54) is 0 Å². The molecular weight excluding hydrogens is 274 g/mol. The predicted octanol–water partition coefficient (Wildman–Crippen LogP) is 2.38. The molecule has 0 aliphatic heterocycles. The second-order valence-corrected chi connectivity index (χ2v) is 6.46. The van der Waals surface area contributed by atoms with Gasteiger partial charge in [-0.15, -0.1) is 0 Å². The van der Waals surface area contributed by atoms with E-state index in [0.717, 1.165) is 10.9 Å². The number of halogens is 1. The molecular formula is C15H20ClN3O. The Morgan fingerprint density at radius 2 is 2.05 bits per heavy atom. The third-order valence-corrected chi connectivity index (χ3v) is 3.36. The predicted molar refractivity (Wildman–Crippen MR) is 82.6 cm³/mol. The molecule has 0 spiro atoms. The summed E-state index contributed by atoms with van der Waals surface area (Å²) in [6.07, 6.45) is 1.70. The zero-order chi connectivity index (χ0) is 15.0. The van der Waals surface area contributed by atoms with Gasteiger partial charge in [0.05, 0.1) is 10.5 Å². The van der Waals surface area contributed by atoms with E-state index in [-0.39, 0.29) is 12.1 Å². The van der Waals surface area contributed by atoms with Crippen LogP contribution < -0.4 is 11.1 Å². The van der Waals surface area contributed by atoms with Gasteiger partial charge in [0.1, 0.15) is 0 Å². The molecule has 0 aliphatic carbocycles. The molecule has 0 unspecified atom stereocenters. The Morgan fingerprint density at radius 3 is 2.70 bits per heavy atom. The van der Waals surface area contributed by atoms with Crippen molar-refractivity contribution in [1.29, 1.82) is 0 Å². The number of pyridine rings is 1. The van der Waals surface area contributed by atoms with Crippen LogP contribution in [0, 0.1) is 0 Å². The fourth-order valence-corrected chi connectivity index (χ4v) is 2.24. The lowest BCUT2D eigenvalue weighted by Gasteiger charge is -2.30. The van der Waals surface area contributed by atoms with Crippen molar-refractivity contribution in [3.63, 3.8) is 0 Å². The Kier molecular flexibility index (Phi) is 4.02. The maximum atomic E-state index is 10.5. The van der Waals surface area contributed by atoms with Gasteiger partial charge in [0.25, 0.3) is 0 Å². The number of aromatic nitrogens is 1. The van der Waals surface area contributed by atoms with Crippen LogP contribution in [0.15, 0.2) is 30.5 Å². The van der Waals surface area contributed by atoms with Crippen molar-refractivity contribution in [2.45, 2.75) is 32.0 Å². The fourth-order valence-electron chi connectivity index (χ4n) is 1.92. The first-order valence-electron chi connectivity index (χ1n) is 6.50. The summed E-state index contributed by atoms with van der Waals surface area (Å²) in [6, 6.07) is 7.26. The Labute approximate surface area is 124 Å². The molecule has 1 aromatic carbocycles. The highest BCUT2D eigenvalue weighted by atomic mass is 35.5. The third-order valence-electron chi connectivity index (χ3n) is 3.05. The molecule has 2 rings (SSSR count). The summed E-state index contributed by atoms with van der Waals surface area (Å²) in [5.41, 5.74) is 5.63. The van der Waals surface area contributed by atoms with Crippen LogP contribution in [0.4, 0.5) is 0 Å². The van der Waals surface area contributed by atoms with Crippen molar-refractivity contribution >= 4 is 22.5 Å². The minimum Gasteiger partial charge on any atom is -0.370 e. The zero-order valence-electron chi connectivity index (χ0n) is 11.9. The average Bonchev–Trinajstić information content (AvgIpc) is 2.35. The van der Waals surface area contributed by atoms with E-state index in [0.29, 0.717) is 10.6 Å². The largest absolute Gasteiger partial charge is 0.370 e. The number of rotatable bonds is 3. The number of aliphatic hydroxyl groups is 1. The summed E-state index contributed by atoms with van der Waals surface area (Å²) in [4.78, 5) is 4.23. The van der Waals surface area contributed by atoms with Crippen molar-refractivity contribution in [3.05, 3.63) is 41.0 Å². The van der Waals surface area contributed by atoms with Gasteiger partial charge >= 0.3 is 0 Å². The quantitative estimate of drug-likeness (QED) is 0.760. The SMILES string of the molecule is CC(C)(C)NC[C@@](N)(O)c1cc2cccnc2cc1Cl. The molecule has 108 valence electrons. The van der Waals surface area contributed by atoms with Crippen molar-refractivity contribution in [2.75, 3.05) is 6.54 Å². The van der Waals surface area contributed by atoms with Crippen LogP contribution in [0.25, 0.3) is 10.9 Å². The van der Waals surface area contributed by atoms with E-state index in [9.17, 15) is 5.11 Å². The fraction of sp³-hybridized carbons (Fsp3) is 0.400. The van der Waals surface area contributed by atoms with Crippen LogP contribution in [-0.4, -0.2) is 22.2 Å². The van der Waals surface area contributed by atoms with Crippen LogP contribution in [0.3, 0.4) is 0 Å². The van der Waals surface area contributed by atoms with Crippen LogP contribution in [-0.2, 0) is 5.72 Å². The molecule has 4 N–H and O–H groups in total. The Hall–Kier alpha value is -1.20. The second kappa shape index (κ2) is 5.30. The zero-order valence-corrected chi connectivity index (χ0v) is 12.7. The van der Waals surface area contributed by atoms with E-state index in [1.807, 2.05) is 32.9 Å². The smallest absolute Gasteiger partial charge is 0.153 e. The first kappa shape index (κ1) is 15.2. The summed E-state index contributed by atoms with van der Waals surface area (Å²) < 4.78 is 0. The van der Waals surface area contributed by atoms with Gasteiger partial charge < -0.3 is 10.4 Å². The number of hydrogen-bond donors (Lipinski definition) is 3. The topological polar surface area (TPSA) is 71.2 Å². The van der Waals surface area contributed by atoms with Crippen molar-refractivity contribution in [1.82, 2.24) is 10.3 Å². The van der Waals surface area contributed by atoms with Gasteiger partial charge in [-0.25, -0.2) is 0 Å². The lowest BCUT2D eigenvalue weighted by molar-refractivity contribution is 0.0374. The molecule has 4 nitrogen and oxygen atoms in total. The molecule has 2 aromatic rings. The second-order valence-electron chi connectivity index (χ2n) is 6.06. The molecule has 0 bridgehead atoms. The Balaban J connectivity index is 2.37. The summed E-state index contributed by atoms with van der Waals surface area (Å²) >= 11 is 6.23. The van der Waals surface area contributed by atoms with Gasteiger partial charge in [-0.3, -0.25) is 10.7 Å². The number of fused-ring (bicyclic) bond motifs is 1. The molecule has 0 saturated carbocycles. The van der Waals surface area contributed by atoms with Crippen molar-refractivity contribution in [2.24, 2.45) is 5.73 Å². The Morgan fingerprint density at radius 1 is 1.35 bits per heavy atom. The summed E-state index contributed by atoms with van der Waals surface area (Å²) in [5.74, 6) is 0. The highest BCUT2D eigenvalue weighted by Crippen LogP contribution is 2.28. The molecule has 1 atom stereocenters. The van der Waals surface area contributed by atoms with Gasteiger partial charge in [-0.1, -0.05) is 17.7 Å². The average molecular weight is 294 g/mol. The van der Waals surface area contributed by atoms with Crippen molar-refractivity contribution in [3.8, 4) is 0 Å². The van der Waals surface area contributed by atoms with Crippen LogP contribution in [0.5, 0.6) is 0 Å². The van der Waals surface area contributed by atoms with E-state index < -0.39 is 5.72 Å². The first-order chi connectivity index (χ1) is 9.19. The number of nitrogens with zero attached hydrogens (tertiary/aromatic N) is 1. The number of nitrogens with two attached hydrogens (primary N) is 1. The normalized spacial score (nSPS) is 15.3. The van der Waals surface area contributed by atoms with Crippen molar-refractivity contribution < 1.29 is 5.11 Å². The molecule has 0 radical (unpaired) electrons. The number of benzene rings is 1. The third kappa shape index (κ3) is 3.46. The lowest BCUT2D eigenvalue weighted by Crippen LogP contribution is -2.51. The summed E-state index contributed by atoms with van der Waals surface area (Å²) in [6.45, 7) is 6.24. The maximum absolute atomic E-state index is 10.5. The van der Waals surface area contributed by atoms with Gasteiger partial charge in [-0.05, 0) is 39.0 Å². The van der Waals surface area contributed by atoms with E-state index in [2.05, 4.69) is 10.3 Å². The highest BCUT2D eigenvalue weighted by molar-refractivity contribution is 6.32. The maximum Gasteiger partial charge on any atom is 0.153 e. The Bertz CT molecular complexity index is 620. The molecule has 1 heterocycles. The monoisotopic (exact) mass is 293 g/mol. The minimum atomic E-state index is -1.53. The molecule has 0 fully saturated rings.